The number of sulfonamides is 1. The van der Waals surface area contributed by atoms with Crippen LogP contribution in [0.3, 0.4) is 0 Å². The predicted octanol–water partition coefficient (Wildman–Crippen LogP) is 1.57. The van der Waals surface area contributed by atoms with E-state index in [9.17, 15) is 13.2 Å². The molecule has 0 amide bonds. The van der Waals surface area contributed by atoms with Crippen molar-refractivity contribution in [1.82, 2.24) is 9.71 Å². The van der Waals surface area contributed by atoms with Gasteiger partial charge in [0.2, 0.25) is 15.8 Å². The van der Waals surface area contributed by atoms with Gasteiger partial charge >= 0.3 is 5.97 Å². The Morgan fingerprint density at radius 2 is 2.19 bits per heavy atom. The van der Waals surface area contributed by atoms with E-state index in [2.05, 4.69) is 9.71 Å². The highest BCUT2D eigenvalue weighted by atomic mass is 32.2. The summed E-state index contributed by atoms with van der Waals surface area (Å²) in [5.41, 5.74) is 0.898. The van der Waals surface area contributed by atoms with Crippen molar-refractivity contribution >= 4 is 27.3 Å². The molecule has 0 aliphatic heterocycles. The van der Waals surface area contributed by atoms with Crippen LogP contribution in [0, 0.1) is 13.8 Å². The first kappa shape index (κ1) is 15.7. The Morgan fingerprint density at radius 3 is 2.71 bits per heavy atom. The smallest absolute Gasteiger partial charge is 0.371 e. The number of nitrogens with zero attached hydrogens (tertiary/aromatic N) is 1. The summed E-state index contributed by atoms with van der Waals surface area (Å²) in [4.78, 5) is 14.9. The molecule has 7 nitrogen and oxygen atoms in total. The second-order valence-corrected chi connectivity index (χ2v) is 7.04. The largest absolute Gasteiger partial charge is 0.475 e. The van der Waals surface area contributed by atoms with E-state index in [1.165, 1.54) is 18.3 Å². The third-order valence-electron chi connectivity index (χ3n) is 2.67. The molecule has 2 aromatic heterocycles. The molecule has 2 aromatic rings. The number of carboxylic acid groups (broad SMARTS) is 1. The maximum absolute atomic E-state index is 12.1. The van der Waals surface area contributed by atoms with Crippen LogP contribution in [0.15, 0.2) is 20.8 Å². The molecule has 2 N–H and O–H groups in total. The molecular formula is C12H14N2O5S2. The molecule has 2 rings (SSSR count). The normalized spacial score (nSPS) is 11.7. The topological polar surface area (TPSA) is 110 Å². The first-order valence-electron chi connectivity index (χ1n) is 6.04. The van der Waals surface area contributed by atoms with Gasteiger partial charge in [-0.25, -0.2) is 22.9 Å². The van der Waals surface area contributed by atoms with Crippen molar-refractivity contribution in [3.8, 4) is 0 Å². The Labute approximate surface area is 125 Å². The molecule has 0 spiro atoms. The van der Waals surface area contributed by atoms with Gasteiger partial charge in [0.15, 0.2) is 0 Å². The number of aromatic nitrogens is 1. The minimum absolute atomic E-state index is 0.0463. The molecule has 0 saturated carbocycles. The second-order valence-electron chi connectivity index (χ2n) is 4.37. The van der Waals surface area contributed by atoms with Crippen LogP contribution in [0.4, 0.5) is 0 Å². The number of aryl methyl sites for hydroxylation is 2. The van der Waals surface area contributed by atoms with E-state index >= 15 is 0 Å². The monoisotopic (exact) mass is 330 g/mol. The summed E-state index contributed by atoms with van der Waals surface area (Å²) in [5, 5.41) is 11.5. The number of thiazole rings is 1. The number of hydrogen-bond donors (Lipinski definition) is 2. The molecular weight excluding hydrogens is 316 g/mol. The quantitative estimate of drug-likeness (QED) is 0.832. The Bertz CT molecular complexity index is 760. The third-order valence-corrected chi connectivity index (χ3v) is 5.27. The molecule has 0 saturated heterocycles. The zero-order valence-electron chi connectivity index (χ0n) is 11.4. The molecule has 0 aliphatic carbocycles. The molecule has 9 heteroatoms. The summed E-state index contributed by atoms with van der Waals surface area (Å²) in [6, 6.07) is 1.01. The van der Waals surface area contributed by atoms with Crippen molar-refractivity contribution in [3.63, 3.8) is 0 Å². The average molecular weight is 330 g/mol. The standard InChI is InChI=1S/C12H14N2O5S2/c1-7-6-20-11(14-7)3-4-13-21(17,18)10-5-9(12(15)16)19-8(10)2/h5-6,13H,3-4H2,1-2H3,(H,15,16). The molecule has 0 unspecified atom stereocenters. The summed E-state index contributed by atoms with van der Waals surface area (Å²) < 4.78 is 31.5. The molecule has 0 atom stereocenters. The number of hydrogen-bond acceptors (Lipinski definition) is 6. The number of rotatable bonds is 6. The third kappa shape index (κ3) is 3.69. The molecule has 0 bridgehead atoms. The maximum Gasteiger partial charge on any atom is 0.371 e. The van der Waals surface area contributed by atoms with Crippen LogP contribution in [-0.4, -0.2) is 31.0 Å². The lowest BCUT2D eigenvalue weighted by atomic mass is 10.4. The fourth-order valence-corrected chi connectivity index (χ4v) is 3.71. The van der Waals surface area contributed by atoms with Crippen molar-refractivity contribution in [1.29, 1.82) is 0 Å². The summed E-state index contributed by atoms with van der Waals surface area (Å²) in [5.74, 6) is -1.66. The van der Waals surface area contributed by atoms with Gasteiger partial charge in [0, 0.05) is 30.1 Å². The van der Waals surface area contributed by atoms with Crippen molar-refractivity contribution in [2.45, 2.75) is 25.2 Å². The Hall–Kier alpha value is -1.71. The molecule has 0 fully saturated rings. The van der Waals surface area contributed by atoms with Gasteiger partial charge in [-0.2, -0.15) is 0 Å². The van der Waals surface area contributed by atoms with Gasteiger partial charge in [-0.05, 0) is 13.8 Å². The predicted molar refractivity (Wildman–Crippen MR) is 76.1 cm³/mol. The lowest BCUT2D eigenvalue weighted by molar-refractivity contribution is 0.0661. The zero-order valence-corrected chi connectivity index (χ0v) is 13.0. The maximum atomic E-state index is 12.1. The van der Waals surface area contributed by atoms with Crippen LogP contribution in [0.2, 0.25) is 0 Å². The first-order chi connectivity index (χ1) is 9.79. The van der Waals surface area contributed by atoms with Crippen LogP contribution < -0.4 is 4.72 Å². The van der Waals surface area contributed by atoms with Crippen LogP contribution in [-0.2, 0) is 16.4 Å². The van der Waals surface area contributed by atoms with Crippen molar-refractivity contribution < 1.29 is 22.7 Å². The summed E-state index contributed by atoms with van der Waals surface area (Å²) in [7, 11) is -3.80. The molecule has 2 heterocycles. The van der Waals surface area contributed by atoms with E-state index < -0.39 is 21.8 Å². The molecule has 0 aliphatic rings. The number of nitrogens with one attached hydrogen (secondary N) is 1. The average Bonchev–Trinajstić information content (AvgIpc) is 2.96. The number of carbonyl (C=O) groups is 1. The molecule has 21 heavy (non-hydrogen) atoms. The van der Waals surface area contributed by atoms with E-state index in [-0.39, 0.29) is 17.2 Å². The van der Waals surface area contributed by atoms with Crippen molar-refractivity contribution in [2.75, 3.05) is 6.54 Å². The van der Waals surface area contributed by atoms with Crippen LogP contribution in [0.1, 0.15) is 27.0 Å². The number of aromatic carboxylic acids is 1. The first-order valence-corrected chi connectivity index (χ1v) is 8.40. The highest BCUT2D eigenvalue weighted by molar-refractivity contribution is 7.89. The van der Waals surface area contributed by atoms with E-state index in [4.69, 9.17) is 9.52 Å². The van der Waals surface area contributed by atoms with Gasteiger partial charge in [-0.3, -0.25) is 0 Å². The van der Waals surface area contributed by atoms with E-state index in [1.54, 1.807) is 0 Å². The Balaban J connectivity index is 2.06. The minimum Gasteiger partial charge on any atom is -0.475 e. The Kier molecular flexibility index (Phi) is 4.45. The van der Waals surface area contributed by atoms with E-state index in [1.807, 2.05) is 12.3 Å². The van der Waals surface area contributed by atoms with Crippen molar-refractivity contribution in [2.24, 2.45) is 0 Å². The fraction of sp³-hybridized carbons (Fsp3) is 0.333. The van der Waals surface area contributed by atoms with Gasteiger partial charge in [0.1, 0.15) is 10.7 Å². The fourth-order valence-electron chi connectivity index (χ4n) is 1.73. The van der Waals surface area contributed by atoms with Crippen LogP contribution >= 0.6 is 11.3 Å². The lowest BCUT2D eigenvalue weighted by Gasteiger charge is -2.04. The van der Waals surface area contributed by atoms with Gasteiger partial charge in [0.25, 0.3) is 0 Å². The van der Waals surface area contributed by atoms with Gasteiger partial charge in [0.05, 0.1) is 5.01 Å². The molecule has 114 valence electrons. The second kappa shape index (κ2) is 5.96. The van der Waals surface area contributed by atoms with Gasteiger partial charge < -0.3 is 9.52 Å². The minimum atomic E-state index is -3.80. The molecule has 0 radical (unpaired) electrons. The summed E-state index contributed by atoms with van der Waals surface area (Å²) in [6.07, 6.45) is 0.473. The van der Waals surface area contributed by atoms with Crippen LogP contribution in [0.25, 0.3) is 0 Å². The lowest BCUT2D eigenvalue weighted by Crippen LogP contribution is -2.26. The van der Waals surface area contributed by atoms with Crippen molar-refractivity contribution in [3.05, 3.63) is 33.7 Å². The Morgan fingerprint density at radius 1 is 1.48 bits per heavy atom. The van der Waals surface area contributed by atoms with Gasteiger partial charge in [-0.15, -0.1) is 11.3 Å². The highest BCUT2D eigenvalue weighted by Crippen LogP contribution is 2.20. The number of carboxylic acids is 1. The zero-order chi connectivity index (χ0) is 15.6. The summed E-state index contributed by atoms with van der Waals surface area (Å²) in [6.45, 7) is 3.46. The van der Waals surface area contributed by atoms with Crippen LogP contribution in [0.5, 0.6) is 0 Å². The highest BCUT2D eigenvalue weighted by Gasteiger charge is 2.23. The van der Waals surface area contributed by atoms with Gasteiger partial charge in [-0.1, -0.05) is 0 Å². The summed E-state index contributed by atoms with van der Waals surface area (Å²) >= 11 is 1.46. The number of furan rings is 1. The molecule has 0 aromatic carbocycles. The van der Waals surface area contributed by atoms with E-state index in [0.29, 0.717) is 6.42 Å². The van der Waals surface area contributed by atoms with E-state index in [0.717, 1.165) is 16.8 Å². The SMILES string of the molecule is Cc1csc(CCNS(=O)(=O)c2cc(C(=O)O)oc2C)n1.